The molecule has 3 rings (SSSR count). The Morgan fingerprint density at radius 1 is 0.935 bits per heavy atom. The number of ether oxygens (including phenoxy) is 1. The van der Waals surface area contributed by atoms with Gasteiger partial charge in [-0.25, -0.2) is 0 Å². The van der Waals surface area contributed by atoms with E-state index in [0.717, 1.165) is 24.3 Å². The van der Waals surface area contributed by atoms with E-state index in [1.807, 2.05) is 54.6 Å². The average Bonchev–Trinajstić information content (AvgIpc) is 2.82. The second kappa shape index (κ2) is 11.5. The highest BCUT2D eigenvalue weighted by Gasteiger charge is 2.12. The van der Waals surface area contributed by atoms with Crippen LogP contribution in [0.3, 0.4) is 0 Å². The van der Waals surface area contributed by atoms with Crippen LogP contribution in [0, 0.1) is 0 Å². The number of rotatable bonds is 8. The number of benzene rings is 2. The molecule has 0 unspecified atom stereocenters. The molecule has 0 atom stereocenters. The van der Waals surface area contributed by atoms with E-state index >= 15 is 0 Å². The van der Waals surface area contributed by atoms with Gasteiger partial charge in [0.1, 0.15) is 6.54 Å². The number of piperidine rings is 1. The van der Waals surface area contributed by atoms with Crippen molar-refractivity contribution in [2.75, 3.05) is 36.5 Å². The summed E-state index contributed by atoms with van der Waals surface area (Å²) in [4.78, 5) is 37.8. The second-order valence-corrected chi connectivity index (χ2v) is 7.27. The van der Waals surface area contributed by atoms with Gasteiger partial charge in [-0.1, -0.05) is 30.3 Å². The van der Waals surface area contributed by atoms with Crippen LogP contribution in [0.1, 0.15) is 24.8 Å². The molecule has 0 aliphatic carbocycles. The molecule has 0 spiro atoms. The fourth-order valence-electron chi connectivity index (χ4n) is 3.26. The molecule has 1 heterocycles. The molecule has 0 radical (unpaired) electrons. The minimum absolute atomic E-state index is 0.310. The van der Waals surface area contributed by atoms with Crippen molar-refractivity contribution in [1.82, 2.24) is 5.32 Å². The quantitative estimate of drug-likeness (QED) is 0.505. The van der Waals surface area contributed by atoms with E-state index in [1.165, 1.54) is 25.3 Å². The third kappa shape index (κ3) is 7.62. The Morgan fingerprint density at radius 3 is 2.35 bits per heavy atom. The third-order valence-corrected chi connectivity index (χ3v) is 4.87. The predicted molar refractivity (Wildman–Crippen MR) is 121 cm³/mol. The van der Waals surface area contributed by atoms with Crippen molar-refractivity contribution in [2.24, 2.45) is 0 Å². The average molecular weight is 421 g/mol. The number of esters is 1. The molecular formula is C24H27N3O4. The standard InChI is InChI=1S/C24H27N3O4/c28-22(14-9-19-7-3-1-4-8-19)25-17-24(30)31-18-23(29)26-20-10-12-21(13-11-20)27-15-5-2-6-16-27/h1,3-4,7-14H,2,5-6,15-18H2,(H,25,28)(H,26,29)/b14-9+. The molecule has 2 aromatic carbocycles. The highest BCUT2D eigenvalue weighted by molar-refractivity contribution is 5.95. The first-order chi connectivity index (χ1) is 15.1. The van der Waals surface area contributed by atoms with Gasteiger partial charge < -0.3 is 20.3 Å². The summed E-state index contributed by atoms with van der Waals surface area (Å²) in [5, 5.41) is 5.12. The fourth-order valence-corrected chi connectivity index (χ4v) is 3.26. The molecule has 2 amide bonds. The largest absolute Gasteiger partial charge is 0.454 e. The predicted octanol–water partition coefficient (Wildman–Crippen LogP) is 2.99. The molecule has 31 heavy (non-hydrogen) atoms. The third-order valence-electron chi connectivity index (χ3n) is 4.87. The second-order valence-electron chi connectivity index (χ2n) is 7.27. The number of hydrogen-bond acceptors (Lipinski definition) is 5. The van der Waals surface area contributed by atoms with Gasteiger partial charge >= 0.3 is 5.97 Å². The van der Waals surface area contributed by atoms with E-state index in [1.54, 1.807) is 6.08 Å². The lowest BCUT2D eigenvalue weighted by atomic mass is 10.1. The normalized spacial score (nSPS) is 13.6. The molecule has 0 aromatic heterocycles. The maximum Gasteiger partial charge on any atom is 0.325 e. The van der Waals surface area contributed by atoms with Gasteiger partial charge in [-0.2, -0.15) is 0 Å². The maximum atomic E-state index is 12.0. The van der Waals surface area contributed by atoms with Gasteiger partial charge in [0.2, 0.25) is 5.91 Å². The molecule has 162 valence electrons. The maximum absolute atomic E-state index is 12.0. The summed E-state index contributed by atoms with van der Waals surface area (Å²) in [6, 6.07) is 17.0. The number of carbonyl (C=O) groups is 3. The summed E-state index contributed by atoms with van der Waals surface area (Å²) in [5.41, 5.74) is 2.66. The minimum Gasteiger partial charge on any atom is -0.454 e. The summed E-state index contributed by atoms with van der Waals surface area (Å²) < 4.78 is 4.91. The number of carbonyl (C=O) groups excluding carboxylic acids is 3. The van der Waals surface area contributed by atoms with Crippen molar-refractivity contribution in [2.45, 2.75) is 19.3 Å². The van der Waals surface area contributed by atoms with Crippen LogP contribution in [0.15, 0.2) is 60.7 Å². The van der Waals surface area contributed by atoms with Gasteiger partial charge in [0.25, 0.3) is 5.91 Å². The van der Waals surface area contributed by atoms with Crippen molar-refractivity contribution >= 4 is 35.2 Å². The smallest absolute Gasteiger partial charge is 0.325 e. The summed E-state index contributed by atoms with van der Waals surface area (Å²) in [7, 11) is 0. The number of nitrogens with zero attached hydrogens (tertiary/aromatic N) is 1. The lowest BCUT2D eigenvalue weighted by Gasteiger charge is -2.28. The van der Waals surface area contributed by atoms with Crippen LogP contribution in [0.4, 0.5) is 11.4 Å². The Balaban J connectivity index is 1.34. The monoisotopic (exact) mass is 421 g/mol. The summed E-state index contributed by atoms with van der Waals surface area (Å²) in [6.45, 7) is 1.39. The van der Waals surface area contributed by atoms with E-state index < -0.39 is 24.4 Å². The van der Waals surface area contributed by atoms with Crippen LogP contribution >= 0.6 is 0 Å². The number of anilines is 2. The lowest BCUT2D eigenvalue weighted by Crippen LogP contribution is -2.31. The molecule has 1 aliphatic rings. The van der Waals surface area contributed by atoms with E-state index in [0.29, 0.717) is 5.69 Å². The molecule has 7 heteroatoms. The highest BCUT2D eigenvalue weighted by Crippen LogP contribution is 2.21. The topological polar surface area (TPSA) is 87.7 Å². The van der Waals surface area contributed by atoms with Crippen molar-refractivity contribution in [3.63, 3.8) is 0 Å². The van der Waals surface area contributed by atoms with Crippen molar-refractivity contribution in [3.05, 3.63) is 66.2 Å². The summed E-state index contributed by atoms with van der Waals surface area (Å²) >= 11 is 0. The van der Waals surface area contributed by atoms with E-state index in [-0.39, 0.29) is 6.54 Å². The van der Waals surface area contributed by atoms with E-state index in [2.05, 4.69) is 15.5 Å². The molecule has 7 nitrogen and oxygen atoms in total. The van der Waals surface area contributed by atoms with Crippen LogP contribution in [-0.4, -0.2) is 44.0 Å². The van der Waals surface area contributed by atoms with Crippen LogP contribution in [0.25, 0.3) is 6.08 Å². The zero-order valence-corrected chi connectivity index (χ0v) is 17.4. The molecule has 1 fully saturated rings. The number of hydrogen-bond donors (Lipinski definition) is 2. The van der Waals surface area contributed by atoms with Crippen molar-refractivity contribution in [3.8, 4) is 0 Å². The zero-order chi connectivity index (χ0) is 21.9. The van der Waals surface area contributed by atoms with Gasteiger partial charge in [0.15, 0.2) is 6.61 Å². The molecular weight excluding hydrogens is 394 g/mol. The molecule has 1 aliphatic heterocycles. The fraction of sp³-hybridized carbons (Fsp3) is 0.292. The van der Waals surface area contributed by atoms with Gasteiger partial charge in [0.05, 0.1) is 0 Å². The Morgan fingerprint density at radius 2 is 1.65 bits per heavy atom. The number of nitrogens with one attached hydrogen (secondary N) is 2. The molecule has 1 saturated heterocycles. The first-order valence-electron chi connectivity index (χ1n) is 10.4. The summed E-state index contributed by atoms with van der Waals surface area (Å²) in [6.07, 6.45) is 6.66. The van der Waals surface area contributed by atoms with Crippen LogP contribution in [0.5, 0.6) is 0 Å². The zero-order valence-electron chi connectivity index (χ0n) is 17.4. The SMILES string of the molecule is O=C(/C=C/c1ccccc1)NCC(=O)OCC(=O)Nc1ccc(N2CCCCC2)cc1. The Bertz CT molecular complexity index is 904. The summed E-state index contributed by atoms with van der Waals surface area (Å²) in [5.74, 6) is -1.54. The molecule has 2 N–H and O–H groups in total. The first kappa shape index (κ1) is 22.1. The minimum atomic E-state index is -0.683. The van der Waals surface area contributed by atoms with Crippen LogP contribution in [-0.2, 0) is 19.1 Å². The Labute approximate surface area is 182 Å². The van der Waals surface area contributed by atoms with Crippen LogP contribution in [0.2, 0.25) is 0 Å². The highest BCUT2D eigenvalue weighted by atomic mass is 16.5. The number of amides is 2. The Hall–Kier alpha value is -3.61. The lowest BCUT2D eigenvalue weighted by molar-refractivity contribution is -0.146. The van der Waals surface area contributed by atoms with Gasteiger partial charge in [-0.3, -0.25) is 14.4 Å². The van der Waals surface area contributed by atoms with Crippen molar-refractivity contribution < 1.29 is 19.1 Å². The molecule has 2 aromatic rings. The first-order valence-corrected chi connectivity index (χ1v) is 10.4. The van der Waals surface area contributed by atoms with E-state index in [4.69, 9.17) is 4.74 Å². The van der Waals surface area contributed by atoms with Gasteiger partial charge in [-0.15, -0.1) is 0 Å². The molecule has 0 saturated carbocycles. The van der Waals surface area contributed by atoms with Crippen molar-refractivity contribution in [1.29, 1.82) is 0 Å². The van der Waals surface area contributed by atoms with E-state index in [9.17, 15) is 14.4 Å². The van der Waals surface area contributed by atoms with Gasteiger partial charge in [0, 0.05) is 30.5 Å². The molecule has 0 bridgehead atoms. The van der Waals surface area contributed by atoms with Crippen LogP contribution < -0.4 is 15.5 Å². The van der Waals surface area contributed by atoms with Gasteiger partial charge in [-0.05, 0) is 55.2 Å². The Kier molecular flexibility index (Phi) is 8.22.